The molecule has 2 heterocycles. The Morgan fingerprint density at radius 1 is 1.29 bits per heavy atom. The van der Waals surface area contributed by atoms with Gasteiger partial charge in [-0.05, 0) is 31.2 Å². The van der Waals surface area contributed by atoms with Crippen molar-refractivity contribution in [1.82, 2.24) is 24.6 Å². The topological polar surface area (TPSA) is 103 Å². The van der Waals surface area contributed by atoms with Crippen molar-refractivity contribution in [2.75, 3.05) is 0 Å². The molecule has 2 aromatic heterocycles. The Labute approximate surface area is 143 Å². The van der Waals surface area contributed by atoms with Gasteiger partial charge in [-0.2, -0.15) is 10.1 Å². The second-order valence-electron chi connectivity index (χ2n) is 5.16. The van der Waals surface area contributed by atoms with Crippen LogP contribution in [0.2, 0.25) is 5.02 Å². The second-order valence-corrected chi connectivity index (χ2v) is 7.31. The first-order valence-corrected chi connectivity index (χ1v) is 8.82. The van der Waals surface area contributed by atoms with Crippen LogP contribution in [0.5, 0.6) is 0 Å². The summed E-state index contributed by atoms with van der Waals surface area (Å²) in [6, 6.07) is 6.22. The van der Waals surface area contributed by atoms with Gasteiger partial charge in [0.25, 0.3) is 5.89 Å². The minimum absolute atomic E-state index is 0.0678. The third kappa shape index (κ3) is 3.48. The molecule has 0 radical (unpaired) electrons. The maximum Gasteiger partial charge on any atom is 0.257 e. The van der Waals surface area contributed by atoms with E-state index in [1.165, 1.54) is 17.1 Å². The molecular formula is C14H14ClN5O3S. The molecule has 0 aliphatic rings. The van der Waals surface area contributed by atoms with Crippen molar-refractivity contribution in [3.8, 4) is 11.5 Å². The maximum absolute atomic E-state index is 12.3. The van der Waals surface area contributed by atoms with Gasteiger partial charge < -0.3 is 4.52 Å². The van der Waals surface area contributed by atoms with Gasteiger partial charge >= 0.3 is 0 Å². The van der Waals surface area contributed by atoms with Crippen molar-refractivity contribution in [3.05, 3.63) is 47.5 Å². The lowest BCUT2D eigenvalue weighted by Crippen LogP contribution is -2.27. The monoisotopic (exact) mass is 367 g/mol. The highest BCUT2D eigenvalue weighted by Gasteiger charge is 2.23. The van der Waals surface area contributed by atoms with Gasteiger partial charge in [0.1, 0.15) is 4.90 Å². The molecule has 3 rings (SSSR count). The number of rotatable bonds is 5. The van der Waals surface area contributed by atoms with Crippen LogP contribution >= 0.6 is 11.6 Å². The Hall–Kier alpha value is -2.23. The van der Waals surface area contributed by atoms with Crippen LogP contribution in [0.3, 0.4) is 0 Å². The maximum atomic E-state index is 12.3. The van der Waals surface area contributed by atoms with Crippen LogP contribution in [0, 0.1) is 0 Å². The highest BCUT2D eigenvalue weighted by molar-refractivity contribution is 7.89. The van der Waals surface area contributed by atoms with Crippen LogP contribution in [-0.2, 0) is 17.1 Å². The number of nitrogens with one attached hydrogen (secondary N) is 1. The average Bonchev–Trinajstić information content (AvgIpc) is 3.17. The molecule has 0 unspecified atom stereocenters. The Kier molecular flexibility index (Phi) is 4.39. The summed E-state index contributed by atoms with van der Waals surface area (Å²) < 4.78 is 33.6. The van der Waals surface area contributed by atoms with Crippen LogP contribution in [0.1, 0.15) is 18.8 Å². The molecule has 1 atom stereocenters. The van der Waals surface area contributed by atoms with E-state index >= 15 is 0 Å². The Morgan fingerprint density at radius 3 is 2.62 bits per heavy atom. The van der Waals surface area contributed by atoms with Crippen LogP contribution in [-0.4, -0.2) is 28.3 Å². The summed E-state index contributed by atoms with van der Waals surface area (Å²) in [7, 11) is -2.08. The SMILES string of the molecule is C[C@H](NS(=O)(=O)c1cnn(C)c1)c1noc(-c2ccc(Cl)cc2)n1. The van der Waals surface area contributed by atoms with E-state index in [9.17, 15) is 8.42 Å². The largest absolute Gasteiger partial charge is 0.334 e. The fourth-order valence-corrected chi connectivity index (χ4v) is 3.32. The number of sulfonamides is 1. The zero-order chi connectivity index (χ0) is 17.3. The predicted octanol–water partition coefficient (Wildman–Crippen LogP) is 2.16. The molecular weight excluding hydrogens is 354 g/mol. The molecule has 0 saturated carbocycles. The second kappa shape index (κ2) is 6.34. The Balaban J connectivity index is 1.78. The number of halogens is 1. The van der Waals surface area contributed by atoms with Gasteiger partial charge in [0.05, 0.1) is 12.2 Å². The van der Waals surface area contributed by atoms with E-state index in [1.54, 1.807) is 38.2 Å². The van der Waals surface area contributed by atoms with Gasteiger partial charge in [0.2, 0.25) is 10.0 Å². The molecule has 8 nitrogen and oxygen atoms in total. The summed E-state index contributed by atoms with van der Waals surface area (Å²) in [4.78, 5) is 4.29. The van der Waals surface area contributed by atoms with E-state index in [0.717, 1.165) is 0 Å². The zero-order valence-electron chi connectivity index (χ0n) is 12.8. The summed E-state index contributed by atoms with van der Waals surface area (Å²) in [5, 5.41) is 8.28. The summed E-state index contributed by atoms with van der Waals surface area (Å²) in [5.74, 6) is 0.515. The summed E-state index contributed by atoms with van der Waals surface area (Å²) in [6.07, 6.45) is 2.68. The number of aromatic nitrogens is 4. The quantitative estimate of drug-likeness (QED) is 0.741. The molecule has 0 spiro atoms. The van der Waals surface area contributed by atoms with Crippen LogP contribution in [0.25, 0.3) is 11.5 Å². The van der Waals surface area contributed by atoms with Crippen molar-refractivity contribution in [2.45, 2.75) is 17.9 Å². The molecule has 0 fully saturated rings. The lowest BCUT2D eigenvalue weighted by Gasteiger charge is -2.08. The molecule has 0 bridgehead atoms. The zero-order valence-corrected chi connectivity index (χ0v) is 14.4. The number of aryl methyl sites for hydroxylation is 1. The van der Waals surface area contributed by atoms with Crippen molar-refractivity contribution in [1.29, 1.82) is 0 Å². The Morgan fingerprint density at radius 2 is 2.00 bits per heavy atom. The van der Waals surface area contributed by atoms with Gasteiger partial charge in [-0.25, -0.2) is 13.1 Å². The minimum atomic E-state index is -3.72. The summed E-state index contributed by atoms with van der Waals surface area (Å²) in [5.41, 5.74) is 0.695. The third-order valence-corrected chi connectivity index (χ3v) is 4.99. The van der Waals surface area contributed by atoms with Crippen molar-refractivity contribution in [3.63, 3.8) is 0 Å². The summed E-state index contributed by atoms with van der Waals surface area (Å²) >= 11 is 5.84. The van der Waals surface area contributed by atoms with E-state index in [-0.39, 0.29) is 16.6 Å². The van der Waals surface area contributed by atoms with Gasteiger partial charge in [0.15, 0.2) is 5.82 Å². The third-order valence-electron chi connectivity index (χ3n) is 3.24. The van der Waals surface area contributed by atoms with E-state index in [1.807, 2.05) is 0 Å². The smallest absolute Gasteiger partial charge is 0.257 e. The fourth-order valence-electron chi connectivity index (χ4n) is 2.01. The lowest BCUT2D eigenvalue weighted by molar-refractivity contribution is 0.415. The highest BCUT2D eigenvalue weighted by Crippen LogP contribution is 2.22. The molecule has 0 aliphatic carbocycles. The van der Waals surface area contributed by atoms with E-state index < -0.39 is 16.1 Å². The molecule has 3 aromatic rings. The van der Waals surface area contributed by atoms with E-state index in [4.69, 9.17) is 16.1 Å². The van der Waals surface area contributed by atoms with Crippen molar-refractivity contribution < 1.29 is 12.9 Å². The molecule has 1 aromatic carbocycles. The molecule has 0 saturated heterocycles. The number of benzene rings is 1. The molecule has 0 aliphatic heterocycles. The van der Waals surface area contributed by atoms with Crippen molar-refractivity contribution >= 4 is 21.6 Å². The van der Waals surface area contributed by atoms with Gasteiger partial charge in [0, 0.05) is 23.8 Å². The average molecular weight is 368 g/mol. The van der Waals surface area contributed by atoms with Crippen molar-refractivity contribution in [2.24, 2.45) is 7.05 Å². The first-order chi connectivity index (χ1) is 11.3. The van der Waals surface area contributed by atoms with Crippen LogP contribution in [0.15, 0.2) is 46.1 Å². The number of nitrogens with zero attached hydrogens (tertiary/aromatic N) is 4. The minimum Gasteiger partial charge on any atom is -0.334 e. The van der Waals surface area contributed by atoms with Crippen LogP contribution < -0.4 is 4.72 Å². The molecule has 1 N–H and O–H groups in total. The van der Waals surface area contributed by atoms with Gasteiger partial charge in [-0.3, -0.25) is 4.68 Å². The summed E-state index contributed by atoms with van der Waals surface area (Å²) in [6.45, 7) is 1.63. The molecule has 0 amide bonds. The first kappa shape index (κ1) is 16.6. The fraction of sp³-hybridized carbons (Fsp3) is 0.214. The molecule has 10 heteroatoms. The highest BCUT2D eigenvalue weighted by atomic mass is 35.5. The number of hydrogen-bond donors (Lipinski definition) is 1. The standard InChI is InChI=1S/C14H14ClN5O3S/c1-9(19-24(21,22)12-7-16-20(2)8-12)13-17-14(23-18-13)10-3-5-11(15)6-4-10/h3-9,19H,1-2H3/t9-/m0/s1. The lowest BCUT2D eigenvalue weighted by atomic mass is 10.2. The first-order valence-electron chi connectivity index (χ1n) is 6.96. The normalized spacial score (nSPS) is 13.1. The molecule has 126 valence electrons. The van der Waals surface area contributed by atoms with Gasteiger partial charge in [-0.15, -0.1) is 0 Å². The molecule has 24 heavy (non-hydrogen) atoms. The Bertz CT molecular complexity index is 949. The van der Waals surface area contributed by atoms with E-state index in [0.29, 0.717) is 10.6 Å². The predicted molar refractivity (Wildman–Crippen MR) is 86.7 cm³/mol. The van der Waals surface area contributed by atoms with Gasteiger partial charge in [-0.1, -0.05) is 16.8 Å². The number of hydrogen-bond acceptors (Lipinski definition) is 6. The van der Waals surface area contributed by atoms with Crippen LogP contribution in [0.4, 0.5) is 0 Å². The van der Waals surface area contributed by atoms with E-state index in [2.05, 4.69) is 20.0 Å².